The topological polar surface area (TPSA) is 52.6 Å². The van der Waals surface area contributed by atoms with Crippen LogP contribution in [0, 0.1) is 11.8 Å². The number of phenolic OH excluding ortho intramolecular Hbond substituents is 1. The van der Waals surface area contributed by atoms with Crippen molar-refractivity contribution in [2.24, 2.45) is 11.8 Å². The van der Waals surface area contributed by atoms with Gasteiger partial charge in [0.1, 0.15) is 5.75 Å². The van der Waals surface area contributed by atoms with Gasteiger partial charge in [0.05, 0.1) is 5.56 Å². The highest BCUT2D eigenvalue weighted by atomic mass is 79.9. The number of phenols is 1. The molecule has 0 aliphatic carbocycles. The van der Waals surface area contributed by atoms with E-state index in [-0.39, 0.29) is 17.7 Å². The van der Waals surface area contributed by atoms with Crippen molar-refractivity contribution in [3.63, 3.8) is 0 Å². The predicted octanol–water partition coefficient (Wildman–Crippen LogP) is 1.83. The van der Waals surface area contributed by atoms with E-state index in [1.165, 1.54) is 0 Å². The molecule has 0 spiro atoms. The number of hydrogen-bond donors (Lipinski definition) is 2. The third-order valence-corrected chi connectivity index (χ3v) is 4.88. The minimum absolute atomic E-state index is 0.0433. The second-order valence-electron chi connectivity index (χ2n) is 5.44. The smallest absolute Gasteiger partial charge is 0.257 e. The van der Waals surface area contributed by atoms with Gasteiger partial charge < -0.3 is 15.3 Å². The number of nitrogens with zero attached hydrogens (tertiary/aromatic N) is 1. The Morgan fingerprint density at radius 2 is 2.26 bits per heavy atom. The summed E-state index contributed by atoms with van der Waals surface area (Å²) in [6.07, 6.45) is 0. The number of carbonyl (C=O) groups excluding carboxylic acids is 1. The van der Waals surface area contributed by atoms with Gasteiger partial charge in [-0.15, -0.1) is 0 Å². The molecule has 2 saturated heterocycles. The summed E-state index contributed by atoms with van der Waals surface area (Å²) < 4.78 is 0.775. The number of fused-ring (bicyclic) bond motifs is 1. The van der Waals surface area contributed by atoms with Gasteiger partial charge in [-0.2, -0.15) is 0 Å². The van der Waals surface area contributed by atoms with Crippen molar-refractivity contribution in [3.8, 4) is 5.75 Å². The average Bonchev–Trinajstić information content (AvgIpc) is 2.92. The van der Waals surface area contributed by atoms with Crippen LogP contribution in [-0.2, 0) is 0 Å². The lowest BCUT2D eigenvalue weighted by molar-refractivity contribution is 0.0725. The Morgan fingerprint density at radius 1 is 1.47 bits per heavy atom. The van der Waals surface area contributed by atoms with E-state index in [4.69, 9.17) is 0 Å². The average molecular weight is 325 g/mol. The zero-order valence-electron chi connectivity index (χ0n) is 10.8. The van der Waals surface area contributed by atoms with Gasteiger partial charge in [0.15, 0.2) is 0 Å². The van der Waals surface area contributed by atoms with Crippen molar-refractivity contribution in [2.45, 2.75) is 13.0 Å². The fourth-order valence-electron chi connectivity index (χ4n) is 3.28. The normalized spacial score (nSPS) is 29.6. The monoisotopic (exact) mass is 324 g/mol. The molecule has 2 heterocycles. The number of nitrogens with one attached hydrogen (secondary N) is 1. The molecular formula is C14H17BrN2O2. The van der Waals surface area contributed by atoms with Gasteiger partial charge in [-0.1, -0.05) is 15.9 Å². The molecule has 1 aromatic carbocycles. The van der Waals surface area contributed by atoms with E-state index in [0.29, 0.717) is 17.4 Å². The molecule has 0 bridgehead atoms. The number of halogens is 1. The van der Waals surface area contributed by atoms with E-state index in [1.54, 1.807) is 18.2 Å². The Bertz CT molecular complexity index is 520. The van der Waals surface area contributed by atoms with Crippen molar-refractivity contribution in [2.75, 3.05) is 19.6 Å². The number of hydrogen-bond acceptors (Lipinski definition) is 3. The highest BCUT2D eigenvalue weighted by molar-refractivity contribution is 9.10. The summed E-state index contributed by atoms with van der Waals surface area (Å²) in [5, 5.41) is 13.3. The standard InChI is InChI=1S/C14H17BrN2O2/c1-8-12-6-16-5-9(12)7-17(8)14(19)11-3-2-10(15)4-13(11)18/h2-4,8-9,12,16,18H,5-7H2,1H3. The molecule has 1 amide bonds. The van der Waals surface area contributed by atoms with Crippen LogP contribution in [-0.4, -0.2) is 41.6 Å². The Kier molecular flexibility index (Phi) is 3.27. The number of benzene rings is 1. The summed E-state index contributed by atoms with van der Waals surface area (Å²) in [4.78, 5) is 14.5. The van der Waals surface area contributed by atoms with E-state index in [2.05, 4.69) is 28.2 Å². The summed E-state index contributed by atoms with van der Waals surface area (Å²) in [5.41, 5.74) is 0.392. The zero-order chi connectivity index (χ0) is 13.6. The summed E-state index contributed by atoms with van der Waals surface area (Å²) >= 11 is 3.29. The maximum atomic E-state index is 12.6. The third-order valence-electron chi connectivity index (χ3n) is 4.39. The van der Waals surface area contributed by atoms with Gasteiger partial charge in [-0.25, -0.2) is 0 Å². The molecular weight excluding hydrogens is 308 g/mol. The molecule has 2 N–H and O–H groups in total. The maximum Gasteiger partial charge on any atom is 0.257 e. The Hall–Kier alpha value is -1.07. The Labute approximate surface area is 120 Å². The molecule has 2 aliphatic rings. The van der Waals surface area contributed by atoms with Crippen LogP contribution in [0.3, 0.4) is 0 Å². The van der Waals surface area contributed by atoms with E-state index in [9.17, 15) is 9.90 Å². The quantitative estimate of drug-likeness (QED) is 0.828. The van der Waals surface area contributed by atoms with E-state index >= 15 is 0 Å². The predicted molar refractivity (Wildman–Crippen MR) is 76.2 cm³/mol. The molecule has 2 aliphatic heterocycles. The van der Waals surface area contributed by atoms with Crippen LogP contribution in [0.5, 0.6) is 5.75 Å². The first-order chi connectivity index (χ1) is 9.08. The number of carbonyl (C=O) groups is 1. The zero-order valence-corrected chi connectivity index (χ0v) is 12.4. The van der Waals surface area contributed by atoms with Crippen molar-refractivity contribution in [1.29, 1.82) is 0 Å². The highest BCUT2D eigenvalue weighted by Gasteiger charge is 2.44. The van der Waals surface area contributed by atoms with Crippen molar-refractivity contribution < 1.29 is 9.90 Å². The molecule has 3 rings (SSSR count). The fraction of sp³-hybridized carbons (Fsp3) is 0.500. The van der Waals surface area contributed by atoms with Gasteiger partial charge in [-0.3, -0.25) is 4.79 Å². The molecule has 1 aromatic rings. The number of likely N-dealkylation sites (tertiary alicyclic amines) is 1. The largest absolute Gasteiger partial charge is 0.507 e. The SMILES string of the molecule is CC1C2CNCC2CN1C(=O)c1ccc(Br)cc1O. The van der Waals surface area contributed by atoms with E-state index in [0.717, 1.165) is 24.1 Å². The molecule has 0 saturated carbocycles. The maximum absolute atomic E-state index is 12.6. The number of aromatic hydroxyl groups is 1. The minimum atomic E-state index is -0.0631. The first-order valence-corrected chi connectivity index (χ1v) is 7.37. The minimum Gasteiger partial charge on any atom is -0.507 e. The van der Waals surface area contributed by atoms with Crippen molar-refractivity contribution in [1.82, 2.24) is 10.2 Å². The highest BCUT2D eigenvalue weighted by Crippen LogP contribution is 2.34. The van der Waals surface area contributed by atoms with Crippen molar-refractivity contribution >= 4 is 21.8 Å². The molecule has 3 unspecified atom stereocenters. The molecule has 0 aromatic heterocycles. The lowest BCUT2D eigenvalue weighted by Crippen LogP contribution is -2.38. The fourth-order valence-corrected chi connectivity index (χ4v) is 3.63. The van der Waals surface area contributed by atoms with E-state index < -0.39 is 0 Å². The summed E-state index contributed by atoms with van der Waals surface area (Å²) in [5.74, 6) is 1.08. The molecule has 3 atom stereocenters. The molecule has 4 nitrogen and oxygen atoms in total. The molecule has 102 valence electrons. The van der Waals surface area contributed by atoms with Gasteiger partial charge in [0, 0.05) is 30.1 Å². The summed E-state index contributed by atoms with van der Waals surface area (Å²) in [6.45, 7) is 4.87. The number of amides is 1. The first-order valence-electron chi connectivity index (χ1n) is 6.58. The van der Waals surface area contributed by atoms with Crippen LogP contribution in [0.25, 0.3) is 0 Å². The van der Waals surface area contributed by atoms with E-state index in [1.807, 2.05) is 4.90 Å². The van der Waals surface area contributed by atoms with Crippen LogP contribution in [0.2, 0.25) is 0 Å². The Morgan fingerprint density at radius 3 is 2.95 bits per heavy atom. The van der Waals surface area contributed by atoms with Crippen LogP contribution in [0.1, 0.15) is 17.3 Å². The van der Waals surface area contributed by atoms with Crippen LogP contribution in [0.4, 0.5) is 0 Å². The van der Waals surface area contributed by atoms with Gasteiger partial charge in [-0.05, 0) is 37.0 Å². The van der Waals surface area contributed by atoms with Gasteiger partial charge in [0.2, 0.25) is 0 Å². The molecule has 0 radical (unpaired) electrons. The van der Waals surface area contributed by atoms with Gasteiger partial charge in [0.25, 0.3) is 5.91 Å². The Balaban J connectivity index is 1.84. The second kappa shape index (κ2) is 4.80. The van der Waals surface area contributed by atoms with Crippen LogP contribution in [0.15, 0.2) is 22.7 Å². The lowest BCUT2D eigenvalue weighted by Gasteiger charge is -2.25. The molecule has 2 fully saturated rings. The number of rotatable bonds is 1. The summed E-state index contributed by atoms with van der Waals surface area (Å²) in [6, 6.07) is 5.27. The molecule has 5 heteroatoms. The van der Waals surface area contributed by atoms with Gasteiger partial charge >= 0.3 is 0 Å². The first kappa shape index (κ1) is 12.9. The summed E-state index contributed by atoms with van der Waals surface area (Å²) in [7, 11) is 0. The van der Waals surface area contributed by atoms with Crippen molar-refractivity contribution in [3.05, 3.63) is 28.2 Å². The second-order valence-corrected chi connectivity index (χ2v) is 6.36. The molecule has 19 heavy (non-hydrogen) atoms. The van der Waals surface area contributed by atoms with Crippen LogP contribution < -0.4 is 5.32 Å². The third kappa shape index (κ3) is 2.15. The van der Waals surface area contributed by atoms with Crippen LogP contribution >= 0.6 is 15.9 Å². The lowest BCUT2D eigenvalue weighted by atomic mass is 9.95.